The first-order valence-corrected chi connectivity index (χ1v) is 6.14. The lowest BCUT2D eigenvalue weighted by molar-refractivity contribution is -0.384. The number of esters is 1. The molecule has 2 rings (SSSR count). The zero-order chi connectivity index (χ0) is 14.7. The number of benzene rings is 2. The molecule has 0 heterocycles. The molecule has 0 aliphatic carbocycles. The van der Waals surface area contributed by atoms with E-state index in [4.69, 9.17) is 27.9 Å². The summed E-state index contributed by atoms with van der Waals surface area (Å²) in [5.41, 5.74) is 0.0374. The van der Waals surface area contributed by atoms with Crippen molar-refractivity contribution in [3.63, 3.8) is 0 Å². The minimum absolute atomic E-state index is 0.0790. The van der Waals surface area contributed by atoms with Crippen LogP contribution in [0.5, 0.6) is 5.75 Å². The van der Waals surface area contributed by atoms with E-state index in [0.29, 0.717) is 5.02 Å². The molecule has 0 fully saturated rings. The van der Waals surface area contributed by atoms with Crippen molar-refractivity contribution in [1.82, 2.24) is 0 Å². The van der Waals surface area contributed by atoms with Crippen LogP contribution in [0.2, 0.25) is 10.0 Å². The molecule has 0 unspecified atom stereocenters. The Morgan fingerprint density at radius 2 is 1.85 bits per heavy atom. The molecule has 0 saturated carbocycles. The molecule has 0 N–H and O–H groups in total. The number of nitro benzene ring substituents is 1. The summed E-state index contributed by atoms with van der Waals surface area (Å²) in [6.45, 7) is 0. The van der Waals surface area contributed by atoms with Gasteiger partial charge in [-0.25, -0.2) is 4.79 Å². The molecule has 5 nitrogen and oxygen atoms in total. The van der Waals surface area contributed by atoms with E-state index in [2.05, 4.69) is 0 Å². The summed E-state index contributed by atoms with van der Waals surface area (Å²) >= 11 is 11.5. The fourth-order valence-electron chi connectivity index (χ4n) is 1.45. The van der Waals surface area contributed by atoms with Gasteiger partial charge in [0, 0.05) is 6.07 Å². The minimum atomic E-state index is -0.677. The van der Waals surface area contributed by atoms with Crippen LogP contribution >= 0.6 is 23.2 Å². The third-order valence-electron chi connectivity index (χ3n) is 2.39. The third kappa shape index (κ3) is 3.26. The van der Waals surface area contributed by atoms with E-state index in [-0.39, 0.29) is 22.0 Å². The van der Waals surface area contributed by atoms with Crippen LogP contribution in [0, 0.1) is 10.1 Å². The smallest absolute Gasteiger partial charge is 0.343 e. The summed E-state index contributed by atoms with van der Waals surface area (Å²) in [4.78, 5) is 21.9. The van der Waals surface area contributed by atoms with Crippen LogP contribution in [0.4, 0.5) is 5.69 Å². The van der Waals surface area contributed by atoms with Crippen LogP contribution in [0.3, 0.4) is 0 Å². The average molecular weight is 312 g/mol. The van der Waals surface area contributed by atoms with Crippen molar-refractivity contribution >= 4 is 34.9 Å². The van der Waals surface area contributed by atoms with Crippen LogP contribution in [0.25, 0.3) is 0 Å². The highest BCUT2D eigenvalue weighted by Crippen LogP contribution is 2.24. The summed E-state index contributed by atoms with van der Waals surface area (Å²) in [5.74, 6) is -0.598. The Morgan fingerprint density at radius 1 is 1.10 bits per heavy atom. The Bertz CT molecular complexity index is 688. The topological polar surface area (TPSA) is 69.4 Å². The molecule has 0 atom stereocenters. The van der Waals surface area contributed by atoms with Gasteiger partial charge in [0.05, 0.1) is 26.6 Å². The number of hydrogen-bond donors (Lipinski definition) is 0. The molecule has 0 radical (unpaired) electrons. The molecule has 2 aromatic carbocycles. The van der Waals surface area contributed by atoms with Gasteiger partial charge in [0.1, 0.15) is 5.75 Å². The number of nitrogens with zero attached hydrogens (tertiary/aromatic N) is 1. The third-order valence-corrected chi connectivity index (χ3v) is 3.13. The Kier molecular flexibility index (Phi) is 4.22. The van der Waals surface area contributed by atoms with Crippen molar-refractivity contribution in [2.45, 2.75) is 0 Å². The number of halogens is 2. The SMILES string of the molecule is O=C(Oc1cccc([N+](=O)[O-])c1)c1ccc(Cl)c(Cl)c1. The van der Waals surface area contributed by atoms with Crippen LogP contribution in [-0.4, -0.2) is 10.9 Å². The predicted octanol–water partition coefficient (Wildman–Crippen LogP) is 4.12. The van der Waals surface area contributed by atoms with Gasteiger partial charge in [0.25, 0.3) is 5.69 Å². The molecule has 0 spiro atoms. The van der Waals surface area contributed by atoms with Gasteiger partial charge in [-0.3, -0.25) is 10.1 Å². The quantitative estimate of drug-likeness (QED) is 0.370. The van der Waals surface area contributed by atoms with E-state index >= 15 is 0 Å². The normalized spacial score (nSPS) is 10.1. The molecule has 0 aromatic heterocycles. The number of nitro groups is 1. The molecule has 0 aliphatic rings. The van der Waals surface area contributed by atoms with E-state index in [1.807, 2.05) is 0 Å². The van der Waals surface area contributed by atoms with E-state index in [9.17, 15) is 14.9 Å². The molecule has 2 aromatic rings. The number of rotatable bonds is 3. The van der Waals surface area contributed by atoms with E-state index in [1.54, 1.807) is 0 Å². The van der Waals surface area contributed by atoms with Crippen molar-refractivity contribution in [3.05, 3.63) is 68.2 Å². The number of carbonyl (C=O) groups excluding carboxylic acids is 1. The first-order valence-electron chi connectivity index (χ1n) is 5.39. The van der Waals surface area contributed by atoms with Gasteiger partial charge in [-0.05, 0) is 24.3 Å². The van der Waals surface area contributed by atoms with Crippen molar-refractivity contribution < 1.29 is 14.5 Å². The highest BCUT2D eigenvalue weighted by Gasteiger charge is 2.13. The van der Waals surface area contributed by atoms with Gasteiger partial charge < -0.3 is 4.74 Å². The second kappa shape index (κ2) is 5.90. The number of ether oxygens (including phenoxy) is 1. The van der Waals surface area contributed by atoms with Gasteiger partial charge in [0.2, 0.25) is 0 Å². The molecule has 20 heavy (non-hydrogen) atoms. The molecular weight excluding hydrogens is 305 g/mol. The Hall–Kier alpha value is -2.11. The highest BCUT2D eigenvalue weighted by atomic mass is 35.5. The predicted molar refractivity (Wildman–Crippen MR) is 74.5 cm³/mol. The fraction of sp³-hybridized carbons (Fsp3) is 0. The lowest BCUT2D eigenvalue weighted by Crippen LogP contribution is -2.08. The number of non-ortho nitro benzene ring substituents is 1. The summed E-state index contributed by atoms with van der Waals surface area (Å²) in [7, 11) is 0. The van der Waals surface area contributed by atoms with Crippen LogP contribution in [-0.2, 0) is 0 Å². The molecule has 7 heteroatoms. The van der Waals surface area contributed by atoms with Crippen molar-refractivity contribution in [2.24, 2.45) is 0 Å². The van der Waals surface area contributed by atoms with Crippen molar-refractivity contribution in [1.29, 1.82) is 0 Å². The molecule has 102 valence electrons. The second-order valence-electron chi connectivity index (χ2n) is 3.77. The van der Waals surface area contributed by atoms with Crippen LogP contribution < -0.4 is 4.74 Å². The maximum absolute atomic E-state index is 11.9. The van der Waals surface area contributed by atoms with E-state index in [1.165, 1.54) is 36.4 Å². The highest BCUT2D eigenvalue weighted by molar-refractivity contribution is 6.42. The molecule has 0 bridgehead atoms. The Balaban J connectivity index is 2.21. The molecular formula is C13H7Cl2NO4. The van der Waals surface area contributed by atoms with Gasteiger partial charge in [-0.15, -0.1) is 0 Å². The second-order valence-corrected chi connectivity index (χ2v) is 4.59. The lowest BCUT2D eigenvalue weighted by atomic mass is 10.2. The molecule has 0 amide bonds. The van der Waals surface area contributed by atoms with E-state index < -0.39 is 10.9 Å². The molecule has 0 aliphatic heterocycles. The minimum Gasteiger partial charge on any atom is -0.423 e. The zero-order valence-electron chi connectivity index (χ0n) is 9.88. The monoisotopic (exact) mass is 311 g/mol. The largest absolute Gasteiger partial charge is 0.423 e. The maximum atomic E-state index is 11.9. The maximum Gasteiger partial charge on any atom is 0.343 e. The van der Waals surface area contributed by atoms with E-state index in [0.717, 1.165) is 6.07 Å². The van der Waals surface area contributed by atoms with Crippen LogP contribution in [0.15, 0.2) is 42.5 Å². The summed E-state index contributed by atoms with van der Waals surface area (Å²) in [5, 5.41) is 11.2. The Morgan fingerprint density at radius 3 is 2.50 bits per heavy atom. The lowest BCUT2D eigenvalue weighted by Gasteiger charge is -2.05. The standard InChI is InChI=1S/C13H7Cl2NO4/c14-11-5-4-8(6-12(11)15)13(17)20-10-3-1-2-9(7-10)16(18)19/h1-7H. The first-order chi connectivity index (χ1) is 9.47. The van der Waals surface area contributed by atoms with Crippen LogP contribution in [0.1, 0.15) is 10.4 Å². The number of hydrogen-bond acceptors (Lipinski definition) is 4. The van der Waals surface area contributed by atoms with Gasteiger partial charge in [-0.1, -0.05) is 29.3 Å². The average Bonchev–Trinajstić information content (AvgIpc) is 2.42. The fourth-order valence-corrected chi connectivity index (χ4v) is 1.75. The van der Waals surface area contributed by atoms with Gasteiger partial charge in [-0.2, -0.15) is 0 Å². The number of carbonyl (C=O) groups is 1. The summed E-state index contributed by atoms with van der Waals surface area (Å²) < 4.78 is 5.04. The first kappa shape index (κ1) is 14.3. The Labute approximate surface area is 123 Å². The van der Waals surface area contributed by atoms with Crippen molar-refractivity contribution in [3.8, 4) is 5.75 Å². The summed E-state index contributed by atoms with van der Waals surface area (Å²) in [6.07, 6.45) is 0. The van der Waals surface area contributed by atoms with Gasteiger partial charge in [0.15, 0.2) is 0 Å². The molecule has 0 saturated heterocycles. The van der Waals surface area contributed by atoms with Crippen molar-refractivity contribution in [2.75, 3.05) is 0 Å². The zero-order valence-corrected chi connectivity index (χ0v) is 11.4. The van der Waals surface area contributed by atoms with Gasteiger partial charge >= 0.3 is 5.97 Å². The summed E-state index contributed by atoms with van der Waals surface area (Å²) in [6, 6.07) is 9.62.